The summed E-state index contributed by atoms with van der Waals surface area (Å²) in [5, 5.41) is 12.4. The van der Waals surface area contributed by atoms with Crippen LogP contribution in [0, 0.1) is 6.92 Å². The number of hydrogen-bond acceptors (Lipinski definition) is 3. The Morgan fingerprint density at radius 1 is 1.53 bits per heavy atom. The Bertz CT molecular complexity index is 404. The lowest BCUT2D eigenvalue weighted by molar-refractivity contribution is -0.121. The Kier molecular flexibility index (Phi) is 4.52. The predicted octanol–water partition coefficient (Wildman–Crippen LogP) is 1.44. The van der Waals surface area contributed by atoms with Crippen LogP contribution in [0.15, 0.2) is 18.2 Å². The van der Waals surface area contributed by atoms with E-state index in [2.05, 4.69) is 5.32 Å². The minimum absolute atomic E-state index is 0.00722. The third kappa shape index (κ3) is 3.46. The highest BCUT2D eigenvalue weighted by molar-refractivity contribution is 5.77. The number of aryl methyl sites for hydroxylation is 1. The summed E-state index contributed by atoms with van der Waals surface area (Å²) >= 11 is 0. The standard InChI is InChI=1S/C13H20N2O2/c1-9-5-6-12(16)11(7-9)10(2)15(4)8-13(17)14-3/h5-7,10,16H,8H2,1-4H3,(H,14,17). The highest BCUT2D eigenvalue weighted by atomic mass is 16.3. The molecule has 0 bridgehead atoms. The first-order chi connectivity index (χ1) is 7.95. The Labute approximate surface area is 102 Å². The summed E-state index contributed by atoms with van der Waals surface area (Å²) in [6.07, 6.45) is 0. The van der Waals surface area contributed by atoms with Gasteiger partial charge < -0.3 is 10.4 Å². The highest BCUT2D eigenvalue weighted by Crippen LogP contribution is 2.28. The first-order valence-electron chi connectivity index (χ1n) is 5.66. The van der Waals surface area contributed by atoms with Gasteiger partial charge in [-0.3, -0.25) is 9.69 Å². The molecule has 17 heavy (non-hydrogen) atoms. The van der Waals surface area contributed by atoms with E-state index < -0.39 is 0 Å². The molecule has 1 aromatic rings. The smallest absolute Gasteiger partial charge is 0.233 e. The number of carbonyl (C=O) groups is 1. The van der Waals surface area contributed by atoms with Crippen LogP contribution in [0.5, 0.6) is 5.75 Å². The van der Waals surface area contributed by atoms with Crippen LogP contribution in [-0.2, 0) is 4.79 Å². The largest absolute Gasteiger partial charge is 0.508 e. The maximum absolute atomic E-state index is 11.3. The lowest BCUT2D eigenvalue weighted by Gasteiger charge is -2.25. The number of amides is 1. The van der Waals surface area contributed by atoms with Gasteiger partial charge in [-0.2, -0.15) is 0 Å². The lowest BCUT2D eigenvalue weighted by Crippen LogP contribution is -2.34. The SMILES string of the molecule is CNC(=O)CN(C)C(C)c1cc(C)ccc1O. The van der Waals surface area contributed by atoms with E-state index in [9.17, 15) is 9.90 Å². The molecule has 1 unspecified atom stereocenters. The van der Waals surface area contributed by atoms with E-state index >= 15 is 0 Å². The molecule has 0 saturated heterocycles. The lowest BCUT2D eigenvalue weighted by atomic mass is 10.0. The van der Waals surface area contributed by atoms with Crippen LogP contribution in [0.1, 0.15) is 24.1 Å². The summed E-state index contributed by atoms with van der Waals surface area (Å²) in [5.74, 6) is 0.235. The quantitative estimate of drug-likeness (QED) is 0.831. The number of carbonyl (C=O) groups excluding carboxylic acids is 1. The van der Waals surface area contributed by atoms with Gasteiger partial charge in [-0.15, -0.1) is 0 Å². The van der Waals surface area contributed by atoms with Gasteiger partial charge in [-0.05, 0) is 27.0 Å². The Morgan fingerprint density at radius 3 is 2.76 bits per heavy atom. The molecule has 1 amide bonds. The average Bonchev–Trinajstić information content (AvgIpc) is 2.31. The average molecular weight is 236 g/mol. The number of likely N-dealkylation sites (N-methyl/N-ethyl adjacent to an activating group) is 2. The highest BCUT2D eigenvalue weighted by Gasteiger charge is 2.17. The van der Waals surface area contributed by atoms with Crippen LogP contribution in [0.2, 0.25) is 0 Å². The van der Waals surface area contributed by atoms with Gasteiger partial charge in [0.15, 0.2) is 0 Å². The van der Waals surface area contributed by atoms with Gasteiger partial charge in [0.2, 0.25) is 5.91 Å². The molecule has 2 N–H and O–H groups in total. The van der Waals surface area contributed by atoms with Crippen molar-refractivity contribution in [3.8, 4) is 5.75 Å². The van der Waals surface area contributed by atoms with Crippen molar-refractivity contribution in [2.75, 3.05) is 20.6 Å². The van der Waals surface area contributed by atoms with Gasteiger partial charge in [0, 0.05) is 18.7 Å². The Morgan fingerprint density at radius 2 is 2.18 bits per heavy atom. The van der Waals surface area contributed by atoms with Gasteiger partial charge in [0.05, 0.1) is 6.54 Å². The second-order valence-corrected chi connectivity index (χ2v) is 4.33. The number of benzene rings is 1. The van der Waals surface area contributed by atoms with Crippen LogP contribution in [0.25, 0.3) is 0 Å². The molecule has 94 valence electrons. The van der Waals surface area contributed by atoms with E-state index in [1.807, 2.05) is 37.9 Å². The van der Waals surface area contributed by atoms with Gasteiger partial charge in [0.25, 0.3) is 0 Å². The molecule has 4 heteroatoms. The van der Waals surface area contributed by atoms with Crippen molar-refractivity contribution >= 4 is 5.91 Å². The van der Waals surface area contributed by atoms with Crippen LogP contribution in [-0.4, -0.2) is 36.6 Å². The van der Waals surface area contributed by atoms with Crippen LogP contribution in [0.4, 0.5) is 0 Å². The molecule has 0 aliphatic carbocycles. The molecule has 0 aliphatic heterocycles. The topological polar surface area (TPSA) is 52.6 Å². The van der Waals surface area contributed by atoms with E-state index in [0.29, 0.717) is 6.54 Å². The summed E-state index contributed by atoms with van der Waals surface area (Å²) in [6, 6.07) is 5.49. The summed E-state index contributed by atoms with van der Waals surface area (Å²) in [7, 11) is 3.48. The van der Waals surface area contributed by atoms with E-state index in [0.717, 1.165) is 11.1 Å². The van der Waals surface area contributed by atoms with Crippen molar-refractivity contribution in [3.05, 3.63) is 29.3 Å². The van der Waals surface area contributed by atoms with E-state index in [-0.39, 0.29) is 17.7 Å². The zero-order chi connectivity index (χ0) is 13.0. The molecular weight excluding hydrogens is 216 g/mol. The number of hydrogen-bond donors (Lipinski definition) is 2. The molecule has 0 saturated carbocycles. The number of nitrogens with one attached hydrogen (secondary N) is 1. The van der Waals surface area contributed by atoms with Crippen molar-refractivity contribution in [1.29, 1.82) is 0 Å². The normalized spacial score (nSPS) is 12.5. The first-order valence-corrected chi connectivity index (χ1v) is 5.66. The summed E-state index contributed by atoms with van der Waals surface area (Å²) < 4.78 is 0. The van der Waals surface area contributed by atoms with Crippen molar-refractivity contribution in [2.24, 2.45) is 0 Å². The molecule has 0 fully saturated rings. The third-order valence-corrected chi connectivity index (χ3v) is 2.97. The van der Waals surface area contributed by atoms with Crippen molar-refractivity contribution < 1.29 is 9.90 Å². The number of phenolic OH excluding ortho intramolecular Hbond substituents is 1. The summed E-state index contributed by atoms with van der Waals surface area (Å²) in [4.78, 5) is 13.2. The molecule has 0 spiro atoms. The number of nitrogens with zero attached hydrogens (tertiary/aromatic N) is 1. The molecule has 0 radical (unpaired) electrons. The minimum Gasteiger partial charge on any atom is -0.508 e. The first kappa shape index (κ1) is 13.5. The zero-order valence-corrected chi connectivity index (χ0v) is 10.8. The fourth-order valence-electron chi connectivity index (χ4n) is 1.69. The third-order valence-electron chi connectivity index (χ3n) is 2.97. The molecule has 4 nitrogen and oxygen atoms in total. The van der Waals surface area contributed by atoms with Gasteiger partial charge >= 0.3 is 0 Å². The fraction of sp³-hybridized carbons (Fsp3) is 0.462. The molecule has 0 aliphatic rings. The van der Waals surface area contributed by atoms with E-state index in [1.54, 1.807) is 13.1 Å². The fourth-order valence-corrected chi connectivity index (χ4v) is 1.69. The summed E-state index contributed by atoms with van der Waals surface area (Å²) in [6.45, 7) is 4.26. The molecule has 0 heterocycles. The Hall–Kier alpha value is -1.55. The number of aromatic hydroxyl groups is 1. The van der Waals surface area contributed by atoms with Crippen LogP contribution in [0.3, 0.4) is 0 Å². The zero-order valence-electron chi connectivity index (χ0n) is 10.8. The monoisotopic (exact) mass is 236 g/mol. The molecule has 0 aromatic heterocycles. The molecule has 1 aromatic carbocycles. The van der Waals surface area contributed by atoms with E-state index in [4.69, 9.17) is 0 Å². The maximum Gasteiger partial charge on any atom is 0.233 e. The van der Waals surface area contributed by atoms with Crippen molar-refractivity contribution in [3.63, 3.8) is 0 Å². The second-order valence-electron chi connectivity index (χ2n) is 4.33. The van der Waals surface area contributed by atoms with E-state index in [1.165, 1.54) is 0 Å². The van der Waals surface area contributed by atoms with Gasteiger partial charge in [0.1, 0.15) is 5.75 Å². The number of phenols is 1. The second kappa shape index (κ2) is 5.68. The molecular formula is C13H20N2O2. The summed E-state index contributed by atoms with van der Waals surface area (Å²) in [5.41, 5.74) is 1.94. The number of rotatable bonds is 4. The van der Waals surface area contributed by atoms with Gasteiger partial charge in [-0.1, -0.05) is 17.7 Å². The van der Waals surface area contributed by atoms with Gasteiger partial charge in [-0.25, -0.2) is 0 Å². The Balaban J connectivity index is 2.84. The van der Waals surface area contributed by atoms with Crippen molar-refractivity contribution in [1.82, 2.24) is 10.2 Å². The molecule has 1 atom stereocenters. The maximum atomic E-state index is 11.3. The molecule has 1 rings (SSSR count). The minimum atomic E-state index is -0.0357. The van der Waals surface area contributed by atoms with Crippen LogP contribution >= 0.6 is 0 Å². The van der Waals surface area contributed by atoms with Crippen LogP contribution < -0.4 is 5.32 Å². The van der Waals surface area contributed by atoms with Crippen molar-refractivity contribution in [2.45, 2.75) is 19.9 Å². The predicted molar refractivity (Wildman–Crippen MR) is 68.0 cm³/mol.